The summed E-state index contributed by atoms with van der Waals surface area (Å²) < 4.78 is 5.15. The maximum absolute atomic E-state index is 11.4. The molecule has 1 heterocycles. The highest BCUT2D eigenvalue weighted by molar-refractivity contribution is 8.18. The topological polar surface area (TPSA) is 55.4 Å². The molecule has 88 valence electrons. The number of amides is 2. The van der Waals surface area contributed by atoms with Crippen molar-refractivity contribution in [2.24, 2.45) is 0 Å². The Morgan fingerprint density at radius 3 is 2.65 bits per heavy atom. The maximum Gasteiger partial charge on any atom is 0.290 e. The smallest absolute Gasteiger partial charge is 0.290 e. The van der Waals surface area contributed by atoms with Crippen molar-refractivity contribution in [1.82, 2.24) is 5.32 Å². The Kier molecular flexibility index (Phi) is 3.19. The Hall–Kier alpha value is -1.75. The fourth-order valence-corrected chi connectivity index (χ4v) is 2.25. The molecule has 2 amide bonds. The fourth-order valence-electron chi connectivity index (χ4n) is 1.56. The summed E-state index contributed by atoms with van der Waals surface area (Å²) in [6.45, 7) is 1.92. The summed E-state index contributed by atoms with van der Waals surface area (Å²) in [5.74, 6) is 0.459. The minimum atomic E-state index is -0.339. The largest absolute Gasteiger partial charge is 0.496 e. The van der Waals surface area contributed by atoms with Gasteiger partial charge in [0.05, 0.1) is 12.0 Å². The number of nitrogens with one attached hydrogen (secondary N) is 1. The number of hydrogen-bond acceptors (Lipinski definition) is 4. The highest BCUT2D eigenvalue weighted by Gasteiger charge is 2.24. The van der Waals surface area contributed by atoms with Crippen LogP contribution in [-0.2, 0) is 4.79 Å². The molecule has 4 nitrogen and oxygen atoms in total. The zero-order valence-corrected chi connectivity index (χ0v) is 10.3. The highest BCUT2D eigenvalue weighted by atomic mass is 32.2. The molecule has 1 aliphatic heterocycles. The number of aryl methyl sites for hydroxylation is 1. The molecule has 1 saturated heterocycles. The van der Waals surface area contributed by atoms with Gasteiger partial charge in [-0.3, -0.25) is 14.9 Å². The molecule has 1 fully saturated rings. The minimum absolute atomic E-state index is 0.327. The van der Waals surface area contributed by atoms with Gasteiger partial charge in [0.15, 0.2) is 0 Å². The lowest BCUT2D eigenvalue weighted by Gasteiger charge is -2.04. The highest BCUT2D eigenvalue weighted by Crippen LogP contribution is 2.27. The van der Waals surface area contributed by atoms with Crippen LogP contribution < -0.4 is 10.1 Å². The molecule has 0 saturated carbocycles. The normalized spacial score (nSPS) is 17.4. The van der Waals surface area contributed by atoms with Crippen molar-refractivity contribution in [2.45, 2.75) is 6.92 Å². The molecule has 1 aromatic carbocycles. The van der Waals surface area contributed by atoms with E-state index in [9.17, 15) is 9.59 Å². The molecular weight excluding hydrogens is 238 g/mol. The lowest BCUT2D eigenvalue weighted by molar-refractivity contribution is -0.115. The van der Waals surface area contributed by atoms with Gasteiger partial charge in [-0.1, -0.05) is 6.07 Å². The van der Waals surface area contributed by atoms with E-state index in [1.54, 1.807) is 13.2 Å². The molecule has 0 radical (unpaired) electrons. The number of imide groups is 1. The van der Waals surface area contributed by atoms with Crippen LogP contribution in [0.4, 0.5) is 4.79 Å². The van der Waals surface area contributed by atoms with Crippen LogP contribution in [0.15, 0.2) is 23.1 Å². The van der Waals surface area contributed by atoms with Crippen LogP contribution in [0.2, 0.25) is 0 Å². The van der Waals surface area contributed by atoms with Gasteiger partial charge in [0, 0.05) is 0 Å². The van der Waals surface area contributed by atoms with Crippen molar-refractivity contribution in [3.63, 3.8) is 0 Å². The Morgan fingerprint density at radius 2 is 2.12 bits per heavy atom. The summed E-state index contributed by atoms with van der Waals surface area (Å²) in [4.78, 5) is 22.8. The molecular formula is C12H11NO3S. The fraction of sp³-hybridized carbons (Fsp3) is 0.167. The van der Waals surface area contributed by atoms with Crippen molar-refractivity contribution < 1.29 is 14.3 Å². The predicted molar refractivity (Wildman–Crippen MR) is 66.8 cm³/mol. The molecule has 0 bridgehead atoms. The van der Waals surface area contributed by atoms with E-state index in [0.717, 1.165) is 28.6 Å². The summed E-state index contributed by atoms with van der Waals surface area (Å²) >= 11 is 0.915. The zero-order chi connectivity index (χ0) is 12.4. The summed E-state index contributed by atoms with van der Waals surface area (Å²) in [6.07, 6.45) is 1.69. The maximum atomic E-state index is 11.4. The van der Waals surface area contributed by atoms with Gasteiger partial charge in [0.2, 0.25) is 0 Å². The lowest BCUT2D eigenvalue weighted by Crippen LogP contribution is -2.17. The number of methoxy groups -OCH3 is 1. The van der Waals surface area contributed by atoms with Crippen LogP contribution in [0.1, 0.15) is 11.1 Å². The van der Waals surface area contributed by atoms with Gasteiger partial charge in [-0.25, -0.2) is 0 Å². The van der Waals surface area contributed by atoms with Crippen LogP contribution in [0.5, 0.6) is 5.75 Å². The molecule has 0 spiro atoms. The summed E-state index contributed by atoms with van der Waals surface area (Å²) in [7, 11) is 1.61. The van der Waals surface area contributed by atoms with E-state index in [4.69, 9.17) is 4.74 Å². The summed E-state index contributed by atoms with van der Waals surface area (Å²) in [5.41, 5.74) is 1.85. The lowest BCUT2D eigenvalue weighted by atomic mass is 10.1. The van der Waals surface area contributed by atoms with Crippen LogP contribution >= 0.6 is 11.8 Å². The number of benzene rings is 1. The third-order valence-electron chi connectivity index (χ3n) is 2.36. The van der Waals surface area contributed by atoms with Crippen LogP contribution in [0.3, 0.4) is 0 Å². The number of thioether (sulfide) groups is 1. The Morgan fingerprint density at radius 1 is 1.35 bits per heavy atom. The van der Waals surface area contributed by atoms with E-state index in [1.165, 1.54) is 0 Å². The first-order valence-electron chi connectivity index (χ1n) is 4.99. The first-order valence-corrected chi connectivity index (χ1v) is 5.81. The molecule has 1 N–H and O–H groups in total. The SMILES string of the molecule is COc1ccc(/C=C2/SC(=O)NC2=O)cc1C. The number of hydrogen-bond donors (Lipinski definition) is 1. The quantitative estimate of drug-likeness (QED) is 0.817. The molecule has 0 atom stereocenters. The van der Waals surface area contributed by atoms with Gasteiger partial charge in [-0.05, 0) is 48.0 Å². The molecule has 1 aliphatic rings. The van der Waals surface area contributed by atoms with Gasteiger partial charge in [-0.15, -0.1) is 0 Å². The molecule has 17 heavy (non-hydrogen) atoms. The van der Waals surface area contributed by atoms with Crippen molar-refractivity contribution >= 4 is 29.0 Å². The van der Waals surface area contributed by atoms with Gasteiger partial charge in [0.25, 0.3) is 11.1 Å². The van der Waals surface area contributed by atoms with Crippen LogP contribution in [0, 0.1) is 6.92 Å². The van der Waals surface area contributed by atoms with Gasteiger partial charge >= 0.3 is 0 Å². The second kappa shape index (κ2) is 4.63. The Bertz CT molecular complexity index is 522. The number of carbonyl (C=O) groups excluding carboxylic acids is 2. The number of carbonyl (C=O) groups is 2. The standard InChI is InChI=1S/C12H11NO3S/c1-7-5-8(3-4-9(7)16-2)6-10-11(14)13-12(15)17-10/h3-6H,1-2H3,(H,13,14,15)/b10-6+. The predicted octanol–water partition coefficient (Wildman–Crippen LogP) is 2.33. The van der Waals surface area contributed by atoms with Gasteiger partial charge in [-0.2, -0.15) is 0 Å². The van der Waals surface area contributed by atoms with Crippen molar-refractivity contribution in [3.8, 4) is 5.75 Å². The van der Waals surface area contributed by atoms with Crippen LogP contribution in [-0.4, -0.2) is 18.3 Å². The zero-order valence-electron chi connectivity index (χ0n) is 9.44. The molecule has 5 heteroatoms. The molecule has 2 rings (SSSR count). The minimum Gasteiger partial charge on any atom is -0.496 e. The molecule has 0 aromatic heterocycles. The molecule has 1 aromatic rings. The second-order valence-corrected chi connectivity index (χ2v) is 4.60. The average molecular weight is 249 g/mol. The Labute approximate surface area is 103 Å². The van der Waals surface area contributed by atoms with Crippen molar-refractivity contribution in [1.29, 1.82) is 0 Å². The number of ether oxygens (including phenoxy) is 1. The summed E-state index contributed by atoms with van der Waals surface area (Å²) in [6, 6.07) is 5.58. The monoisotopic (exact) mass is 249 g/mol. The molecule has 0 unspecified atom stereocenters. The number of rotatable bonds is 2. The van der Waals surface area contributed by atoms with Crippen molar-refractivity contribution in [2.75, 3.05) is 7.11 Å². The summed E-state index contributed by atoms with van der Waals surface area (Å²) in [5, 5.41) is 1.89. The van der Waals surface area contributed by atoms with E-state index < -0.39 is 0 Å². The van der Waals surface area contributed by atoms with Crippen molar-refractivity contribution in [3.05, 3.63) is 34.2 Å². The van der Waals surface area contributed by atoms with Gasteiger partial charge in [0.1, 0.15) is 5.75 Å². The third-order valence-corrected chi connectivity index (χ3v) is 3.17. The van der Waals surface area contributed by atoms with E-state index in [1.807, 2.05) is 25.1 Å². The molecule has 0 aliphatic carbocycles. The van der Waals surface area contributed by atoms with E-state index in [2.05, 4.69) is 5.32 Å². The third kappa shape index (κ3) is 2.50. The van der Waals surface area contributed by atoms with E-state index >= 15 is 0 Å². The van der Waals surface area contributed by atoms with E-state index in [-0.39, 0.29) is 11.1 Å². The van der Waals surface area contributed by atoms with Gasteiger partial charge < -0.3 is 4.74 Å². The van der Waals surface area contributed by atoms with E-state index in [0.29, 0.717) is 4.91 Å². The Balaban J connectivity index is 2.30. The average Bonchev–Trinajstić information content (AvgIpc) is 2.58. The van der Waals surface area contributed by atoms with Crippen LogP contribution in [0.25, 0.3) is 6.08 Å². The first kappa shape index (κ1) is 11.7. The first-order chi connectivity index (χ1) is 8.10. The second-order valence-electron chi connectivity index (χ2n) is 3.58.